The summed E-state index contributed by atoms with van der Waals surface area (Å²) in [7, 11) is 0. The highest BCUT2D eigenvalue weighted by molar-refractivity contribution is 7.99. The number of primary amides is 1. The lowest BCUT2D eigenvalue weighted by Crippen LogP contribution is -2.35. The molecule has 9 heteroatoms. The van der Waals surface area contributed by atoms with E-state index in [-0.39, 0.29) is 6.42 Å². The second-order valence-corrected chi connectivity index (χ2v) is 7.56. The van der Waals surface area contributed by atoms with E-state index in [9.17, 15) is 9.59 Å². The SMILES string of the molecule is NC(=O)NC(=O)CCSc1ncc(-c2ccccc2)n1-c1cccc(Cl)c1Cl. The van der Waals surface area contributed by atoms with E-state index in [0.29, 0.717) is 26.6 Å². The van der Waals surface area contributed by atoms with E-state index in [4.69, 9.17) is 28.9 Å². The number of rotatable bonds is 6. The molecule has 0 saturated heterocycles. The van der Waals surface area contributed by atoms with E-state index in [2.05, 4.69) is 4.98 Å². The number of nitrogens with one attached hydrogen (secondary N) is 1. The number of halogens is 2. The summed E-state index contributed by atoms with van der Waals surface area (Å²) in [5, 5.41) is 3.54. The summed E-state index contributed by atoms with van der Waals surface area (Å²) in [4.78, 5) is 26.9. The minimum absolute atomic E-state index is 0.115. The molecule has 0 aliphatic heterocycles. The van der Waals surface area contributed by atoms with Crippen molar-refractivity contribution < 1.29 is 9.59 Å². The van der Waals surface area contributed by atoms with Crippen LogP contribution in [0.4, 0.5) is 4.79 Å². The predicted molar refractivity (Wildman–Crippen MR) is 112 cm³/mol. The highest BCUT2D eigenvalue weighted by atomic mass is 35.5. The maximum Gasteiger partial charge on any atom is 0.318 e. The monoisotopic (exact) mass is 434 g/mol. The Bertz CT molecular complexity index is 1010. The largest absolute Gasteiger partial charge is 0.351 e. The normalized spacial score (nSPS) is 10.6. The first-order valence-electron chi connectivity index (χ1n) is 8.27. The number of carbonyl (C=O) groups is 2. The van der Waals surface area contributed by atoms with Gasteiger partial charge in [0.1, 0.15) is 0 Å². The fourth-order valence-corrected chi connectivity index (χ4v) is 3.89. The standard InChI is InChI=1S/C19H16Cl2N4O2S/c20-13-7-4-8-14(17(13)21)25-15(12-5-2-1-3-6-12)11-23-19(25)28-10-9-16(26)24-18(22)27/h1-8,11H,9-10H2,(H3,22,24,26,27). The van der Waals surface area contributed by atoms with Crippen LogP contribution in [0.15, 0.2) is 59.9 Å². The molecule has 3 amide bonds. The molecule has 0 aliphatic rings. The van der Waals surface area contributed by atoms with Crippen molar-refractivity contribution in [2.75, 3.05) is 5.75 Å². The molecule has 28 heavy (non-hydrogen) atoms. The number of nitrogens with zero attached hydrogens (tertiary/aromatic N) is 2. The Labute approximate surface area is 176 Å². The quantitative estimate of drug-likeness (QED) is 0.557. The summed E-state index contributed by atoms with van der Waals surface area (Å²) < 4.78 is 1.90. The van der Waals surface area contributed by atoms with E-state index in [1.165, 1.54) is 11.8 Å². The Morgan fingerprint density at radius 3 is 2.57 bits per heavy atom. The van der Waals surface area contributed by atoms with Crippen LogP contribution in [0.3, 0.4) is 0 Å². The molecule has 0 atom stereocenters. The zero-order valence-corrected chi connectivity index (χ0v) is 16.9. The molecular weight excluding hydrogens is 419 g/mol. The van der Waals surface area contributed by atoms with Crippen molar-refractivity contribution in [1.82, 2.24) is 14.9 Å². The summed E-state index contributed by atoms with van der Waals surface area (Å²) >= 11 is 14.0. The van der Waals surface area contributed by atoms with Crippen molar-refractivity contribution in [2.24, 2.45) is 5.73 Å². The van der Waals surface area contributed by atoms with Gasteiger partial charge in [-0.15, -0.1) is 0 Å². The molecule has 6 nitrogen and oxygen atoms in total. The molecule has 0 bridgehead atoms. The molecule has 0 spiro atoms. The van der Waals surface area contributed by atoms with Crippen molar-refractivity contribution >= 4 is 46.9 Å². The number of hydrogen-bond acceptors (Lipinski definition) is 4. The smallest absolute Gasteiger partial charge is 0.318 e. The lowest BCUT2D eigenvalue weighted by Gasteiger charge is -2.14. The van der Waals surface area contributed by atoms with Gasteiger partial charge in [0, 0.05) is 17.7 Å². The summed E-state index contributed by atoms with van der Waals surface area (Å²) in [5.74, 6) is -0.0371. The van der Waals surface area contributed by atoms with Gasteiger partial charge in [0.2, 0.25) is 5.91 Å². The zero-order chi connectivity index (χ0) is 20.1. The first-order chi connectivity index (χ1) is 13.5. The number of benzene rings is 2. The summed E-state index contributed by atoms with van der Waals surface area (Å²) in [6, 6.07) is 14.3. The molecule has 0 aliphatic carbocycles. The van der Waals surface area contributed by atoms with Gasteiger partial charge in [0.15, 0.2) is 5.16 Å². The number of urea groups is 1. The van der Waals surface area contributed by atoms with Crippen molar-refractivity contribution in [1.29, 1.82) is 0 Å². The molecular formula is C19H16Cl2N4O2S. The molecule has 3 N–H and O–H groups in total. The third kappa shape index (κ3) is 4.67. The molecule has 1 heterocycles. The van der Waals surface area contributed by atoms with E-state index in [0.717, 1.165) is 11.3 Å². The number of imidazole rings is 1. The van der Waals surface area contributed by atoms with Crippen LogP contribution < -0.4 is 11.1 Å². The number of carbonyl (C=O) groups excluding carboxylic acids is 2. The highest BCUT2D eigenvalue weighted by Gasteiger charge is 2.18. The second-order valence-electron chi connectivity index (χ2n) is 5.71. The van der Waals surface area contributed by atoms with E-state index in [1.54, 1.807) is 12.3 Å². The maximum absolute atomic E-state index is 11.6. The fraction of sp³-hybridized carbons (Fsp3) is 0.105. The lowest BCUT2D eigenvalue weighted by atomic mass is 10.1. The van der Waals surface area contributed by atoms with Crippen LogP contribution in [0, 0.1) is 0 Å². The van der Waals surface area contributed by atoms with Crippen LogP contribution >= 0.6 is 35.0 Å². The van der Waals surface area contributed by atoms with E-state index in [1.807, 2.05) is 52.3 Å². The van der Waals surface area contributed by atoms with Crippen LogP contribution in [-0.4, -0.2) is 27.2 Å². The number of thioether (sulfide) groups is 1. The van der Waals surface area contributed by atoms with E-state index >= 15 is 0 Å². The van der Waals surface area contributed by atoms with Gasteiger partial charge in [0.25, 0.3) is 0 Å². The highest BCUT2D eigenvalue weighted by Crippen LogP contribution is 2.35. The molecule has 0 saturated carbocycles. The summed E-state index contributed by atoms with van der Waals surface area (Å²) in [6.07, 6.45) is 1.86. The molecule has 3 aromatic rings. The van der Waals surface area contributed by atoms with Crippen LogP contribution in [0.5, 0.6) is 0 Å². The zero-order valence-electron chi connectivity index (χ0n) is 14.6. The van der Waals surface area contributed by atoms with Crippen molar-refractivity contribution in [3.63, 3.8) is 0 Å². The Morgan fingerprint density at radius 2 is 1.86 bits per heavy atom. The third-order valence-electron chi connectivity index (χ3n) is 3.79. The van der Waals surface area contributed by atoms with E-state index < -0.39 is 11.9 Å². The molecule has 0 fully saturated rings. The van der Waals surface area contributed by atoms with Crippen molar-refractivity contribution in [2.45, 2.75) is 11.6 Å². The average Bonchev–Trinajstić information content (AvgIpc) is 3.08. The summed E-state index contributed by atoms with van der Waals surface area (Å²) in [5.41, 5.74) is 7.45. The Morgan fingerprint density at radius 1 is 1.11 bits per heavy atom. The van der Waals surface area contributed by atoms with Gasteiger partial charge in [-0.3, -0.25) is 14.7 Å². The minimum Gasteiger partial charge on any atom is -0.351 e. The third-order valence-corrected chi connectivity index (χ3v) is 5.56. The number of imide groups is 1. The predicted octanol–water partition coefficient (Wildman–Crippen LogP) is 4.52. The van der Waals surface area contributed by atoms with Crippen molar-refractivity contribution in [3.8, 4) is 16.9 Å². The van der Waals surface area contributed by atoms with Crippen LogP contribution in [0.1, 0.15) is 6.42 Å². The fourth-order valence-electron chi connectivity index (χ4n) is 2.58. The Kier molecular flexibility index (Phi) is 6.61. The van der Waals surface area contributed by atoms with Gasteiger partial charge in [-0.2, -0.15) is 0 Å². The molecule has 0 radical (unpaired) electrons. The number of aromatic nitrogens is 2. The van der Waals surface area contributed by atoms with Gasteiger partial charge in [-0.25, -0.2) is 9.78 Å². The lowest BCUT2D eigenvalue weighted by molar-refractivity contribution is -0.119. The molecule has 144 valence electrons. The summed E-state index contributed by atoms with van der Waals surface area (Å²) in [6.45, 7) is 0. The minimum atomic E-state index is -0.867. The number of hydrogen-bond donors (Lipinski definition) is 2. The van der Waals surface area contributed by atoms with Crippen LogP contribution in [-0.2, 0) is 4.79 Å². The maximum atomic E-state index is 11.6. The number of amides is 3. The van der Waals surface area contributed by atoms with Crippen LogP contribution in [0.2, 0.25) is 10.0 Å². The number of nitrogens with two attached hydrogens (primary N) is 1. The molecule has 1 aromatic heterocycles. The first kappa shape index (κ1) is 20.3. The van der Waals surface area contributed by atoms with Gasteiger partial charge in [0.05, 0.1) is 27.6 Å². The van der Waals surface area contributed by atoms with Gasteiger partial charge in [-0.1, -0.05) is 71.4 Å². The molecule has 0 unspecified atom stereocenters. The van der Waals surface area contributed by atoms with Crippen molar-refractivity contribution in [3.05, 3.63) is 64.8 Å². The van der Waals surface area contributed by atoms with Gasteiger partial charge >= 0.3 is 6.03 Å². The second kappa shape index (κ2) is 9.14. The van der Waals surface area contributed by atoms with Gasteiger partial charge < -0.3 is 5.73 Å². The topological polar surface area (TPSA) is 90.0 Å². The average molecular weight is 435 g/mol. The van der Waals surface area contributed by atoms with Crippen LogP contribution in [0.25, 0.3) is 16.9 Å². The Hall–Kier alpha value is -2.48. The first-order valence-corrected chi connectivity index (χ1v) is 10.0. The van der Waals surface area contributed by atoms with Gasteiger partial charge in [-0.05, 0) is 12.1 Å². The molecule has 2 aromatic carbocycles. The molecule has 3 rings (SSSR count). The Balaban J connectivity index is 1.95.